The lowest BCUT2D eigenvalue weighted by molar-refractivity contribution is 0.0955. The van der Waals surface area contributed by atoms with E-state index in [1.165, 1.54) is 11.8 Å². The van der Waals surface area contributed by atoms with Crippen molar-refractivity contribution >= 4 is 23.0 Å². The smallest absolute Gasteiger partial charge is 0.271 e. The fraction of sp³-hybridized carbons (Fsp3) is 0.214. The van der Waals surface area contributed by atoms with Gasteiger partial charge in [-0.15, -0.1) is 0 Å². The summed E-state index contributed by atoms with van der Waals surface area (Å²) < 4.78 is 17.1. The van der Waals surface area contributed by atoms with Crippen LogP contribution in [0.5, 0.6) is 17.2 Å². The van der Waals surface area contributed by atoms with Crippen LogP contribution in [0.15, 0.2) is 72.0 Å². The predicted octanol–water partition coefficient (Wildman–Crippen LogP) is 5.65. The molecule has 0 aliphatic rings. The Hall–Kier alpha value is -4.26. The van der Waals surface area contributed by atoms with Gasteiger partial charge in [-0.3, -0.25) is 4.79 Å². The van der Waals surface area contributed by atoms with Crippen molar-refractivity contribution in [3.05, 3.63) is 89.1 Å². The zero-order valence-corrected chi connectivity index (χ0v) is 20.3. The van der Waals surface area contributed by atoms with Crippen molar-refractivity contribution in [1.29, 1.82) is 0 Å². The van der Waals surface area contributed by atoms with Crippen LogP contribution in [-0.4, -0.2) is 31.3 Å². The molecule has 7 heteroatoms. The number of ether oxygens (including phenoxy) is 3. The maximum Gasteiger partial charge on any atom is 0.271 e. The van der Waals surface area contributed by atoms with Gasteiger partial charge in [0.05, 0.1) is 20.4 Å². The van der Waals surface area contributed by atoms with Crippen molar-refractivity contribution in [3.8, 4) is 17.2 Å². The van der Waals surface area contributed by atoms with Crippen molar-refractivity contribution < 1.29 is 19.0 Å². The Kier molecular flexibility index (Phi) is 7.35. The third-order valence-corrected chi connectivity index (χ3v) is 5.71. The Morgan fingerprint density at radius 1 is 1.00 bits per heavy atom. The number of carbonyl (C=O) groups excluding carboxylic acids is 1. The first-order chi connectivity index (χ1) is 17.0. The van der Waals surface area contributed by atoms with Crippen molar-refractivity contribution in [2.45, 2.75) is 26.4 Å². The third kappa shape index (κ3) is 5.63. The number of hydrogen-bond acceptors (Lipinski definition) is 5. The molecule has 3 aromatic carbocycles. The quantitative estimate of drug-likeness (QED) is 0.244. The molecule has 0 atom stereocenters. The first-order valence-corrected chi connectivity index (χ1v) is 11.4. The number of carbonyl (C=O) groups is 1. The van der Waals surface area contributed by atoms with Gasteiger partial charge >= 0.3 is 0 Å². The molecule has 0 unspecified atom stereocenters. The van der Waals surface area contributed by atoms with E-state index in [2.05, 4.69) is 53.6 Å². The number of benzene rings is 3. The molecule has 1 heterocycles. The van der Waals surface area contributed by atoms with E-state index in [4.69, 9.17) is 14.2 Å². The van der Waals surface area contributed by atoms with Gasteiger partial charge in [0, 0.05) is 28.2 Å². The van der Waals surface area contributed by atoms with Crippen LogP contribution < -0.4 is 19.6 Å². The van der Waals surface area contributed by atoms with Crippen LogP contribution in [0.25, 0.3) is 10.9 Å². The maximum absolute atomic E-state index is 12.5. The van der Waals surface area contributed by atoms with Gasteiger partial charge in [0.15, 0.2) is 11.5 Å². The molecule has 35 heavy (non-hydrogen) atoms. The second-order valence-electron chi connectivity index (χ2n) is 8.42. The number of aromatic nitrogens is 1. The molecule has 4 rings (SSSR count). The third-order valence-electron chi connectivity index (χ3n) is 5.71. The highest BCUT2D eigenvalue weighted by Gasteiger charge is 2.14. The molecule has 0 saturated heterocycles. The Bertz CT molecular complexity index is 1320. The van der Waals surface area contributed by atoms with Crippen molar-refractivity contribution in [1.82, 2.24) is 10.4 Å². The van der Waals surface area contributed by atoms with Crippen molar-refractivity contribution in [2.75, 3.05) is 14.2 Å². The van der Waals surface area contributed by atoms with Crippen LogP contribution in [0.1, 0.15) is 46.8 Å². The monoisotopic (exact) mass is 471 g/mol. The van der Waals surface area contributed by atoms with Crippen molar-refractivity contribution in [3.63, 3.8) is 0 Å². The van der Waals surface area contributed by atoms with E-state index < -0.39 is 0 Å². The number of fused-ring (bicyclic) bond motifs is 1. The van der Waals surface area contributed by atoms with E-state index in [9.17, 15) is 4.79 Å². The lowest BCUT2D eigenvalue weighted by Crippen LogP contribution is -2.17. The minimum atomic E-state index is -0.299. The van der Waals surface area contributed by atoms with Gasteiger partial charge in [-0.1, -0.05) is 38.1 Å². The van der Waals surface area contributed by atoms with E-state index in [0.717, 1.165) is 16.5 Å². The average molecular weight is 472 g/mol. The fourth-order valence-corrected chi connectivity index (χ4v) is 3.70. The zero-order valence-electron chi connectivity index (χ0n) is 20.3. The first-order valence-electron chi connectivity index (χ1n) is 11.4. The molecule has 0 aliphatic heterocycles. The van der Waals surface area contributed by atoms with Crippen LogP contribution in [0, 0.1) is 0 Å². The molecule has 180 valence electrons. The molecule has 7 nitrogen and oxygen atoms in total. The SMILES string of the molecule is COc1cc(/C=N/NC(=O)c2ccc3[nH]ccc3c2)cc(OC)c1OCc1ccc(C(C)C)cc1. The van der Waals surface area contributed by atoms with Crippen LogP contribution in [0.3, 0.4) is 0 Å². The first kappa shape index (κ1) is 23.9. The topological polar surface area (TPSA) is 84.9 Å². The molecule has 0 fully saturated rings. The summed E-state index contributed by atoms with van der Waals surface area (Å²) in [5.41, 5.74) is 7.07. The highest BCUT2D eigenvalue weighted by molar-refractivity contribution is 5.98. The molecule has 4 aromatic rings. The lowest BCUT2D eigenvalue weighted by Gasteiger charge is -2.15. The molecule has 0 aliphatic carbocycles. The Balaban J connectivity index is 1.45. The molecule has 0 radical (unpaired) electrons. The van der Waals surface area contributed by atoms with Gasteiger partial charge in [-0.25, -0.2) is 5.43 Å². The van der Waals surface area contributed by atoms with Gasteiger partial charge in [-0.2, -0.15) is 5.10 Å². The normalized spacial score (nSPS) is 11.2. The summed E-state index contributed by atoms with van der Waals surface area (Å²) in [6, 6.07) is 19.2. The van der Waals surface area contributed by atoms with E-state index in [1.54, 1.807) is 32.4 Å². The minimum absolute atomic E-state index is 0.299. The largest absolute Gasteiger partial charge is 0.493 e. The number of nitrogens with zero attached hydrogens (tertiary/aromatic N) is 1. The number of aromatic amines is 1. The number of hydrogen-bond donors (Lipinski definition) is 2. The second-order valence-corrected chi connectivity index (χ2v) is 8.42. The maximum atomic E-state index is 12.5. The van der Waals surface area contributed by atoms with E-state index >= 15 is 0 Å². The zero-order chi connectivity index (χ0) is 24.8. The van der Waals surface area contributed by atoms with Gasteiger partial charge in [0.1, 0.15) is 6.61 Å². The summed E-state index contributed by atoms with van der Waals surface area (Å²) in [7, 11) is 3.14. The van der Waals surface area contributed by atoms with Gasteiger partial charge in [0.2, 0.25) is 5.75 Å². The fourth-order valence-electron chi connectivity index (χ4n) is 3.70. The molecule has 0 saturated carbocycles. The van der Waals surface area contributed by atoms with Gasteiger partial charge < -0.3 is 19.2 Å². The molecule has 1 amide bonds. The summed E-state index contributed by atoms with van der Waals surface area (Å²) in [5, 5.41) is 5.06. The Labute approximate surface area is 204 Å². The predicted molar refractivity (Wildman–Crippen MR) is 138 cm³/mol. The second kappa shape index (κ2) is 10.8. The highest BCUT2D eigenvalue weighted by Crippen LogP contribution is 2.38. The van der Waals surface area contributed by atoms with Crippen LogP contribution in [-0.2, 0) is 6.61 Å². The summed E-state index contributed by atoms with van der Waals surface area (Å²) in [5.74, 6) is 1.70. The van der Waals surface area contributed by atoms with E-state index in [1.807, 2.05) is 24.4 Å². The summed E-state index contributed by atoms with van der Waals surface area (Å²) in [4.78, 5) is 15.6. The standard InChI is InChI=1S/C28H29N3O4/c1-18(2)21-7-5-19(6-8-21)17-35-27-25(33-3)13-20(14-26(27)34-4)16-30-31-28(32)23-9-10-24-22(15-23)11-12-29-24/h5-16,18,29H,17H2,1-4H3,(H,31,32)/b30-16+. The number of amides is 1. The number of hydrazone groups is 1. The Morgan fingerprint density at radius 2 is 1.71 bits per heavy atom. The minimum Gasteiger partial charge on any atom is -0.493 e. The molecule has 0 bridgehead atoms. The van der Waals surface area contributed by atoms with Gasteiger partial charge in [0.25, 0.3) is 5.91 Å². The van der Waals surface area contributed by atoms with E-state index in [-0.39, 0.29) is 5.91 Å². The summed E-state index contributed by atoms with van der Waals surface area (Å²) in [6.45, 7) is 4.71. The van der Waals surface area contributed by atoms with Crippen LogP contribution in [0.4, 0.5) is 0 Å². The number of H-pyrrole nitrogens is 1. The van der Waals surface area contributed by atoms with Crippen LogP contribution >= 0.6 is 0 Å². The summed E-state index contributed by atoms with van der Waals surface area (Å²) in [6.07, 6.45) is 3.37. The Morgan fingerprint density at radius 3 is 2.37 bits per heavy atom. The van der Waals surface area contributed by atoms with Crippen molar-refractivity contribution in [2.24, 2.45) is 5.10 Å². The van der Waals surface area contributed by atoms with Gasteiger partial charge in [-0.05, 0) is 53.4 Å². The average Bonchev–Trinajstić information content (AvgIpc) is 3.35. The summed E-state index contributed by atoms with van der Waals surface area (Å²) >= 11 is 0. The lowest BCUT2D eigenvalue weighted by atomic mass is 10.0. The molecule has 1 aromatic heterocycles. The number of methoxy groups -OCH3 is 2. The highest BCUT2D eigenvalue weighted by atomic mass is 16.5. The number of rotatable bonds is 9. The molecule has 0 spiro atoms. The molecular weight excluding hydrogens is 442 g/mol. The van der Waals surface area contributed by atoms with Crippen LogP contribution in [0.2, 0.25) is 0 Å². The molecular formula is C28H29N3O4. The number of nitrogens with one attached hydrogen (secondary N) is 2. The van der Waals surface area contributed by atoms with E-state index in [0.29, 0.717) is 40.9 Å². The molecule has 2 N–H and O–H groups in total.